The molecule has 4 fully saturated rings. The molecular weight excluding hydrogens is 552 g/mol. The first-order valence-electron chi connectivity index (χ1n) is 16.9. The molecule has 5 nitrogen and oxygen atoms in total. The zero-order valence-electron chi connectivity index (χ0n) is 26.8. The number of fused-ring (bicyclic) bond motifs is 2. The predicted molar refractivity (Wildman–Crippen MR) is 174 cm³/mol. The van der Waals surface area contributed by atoms with Gasteiger partial charge in [-0.1, -0.05) is 94.8 Å². The fourth-order valence-corrected chi connectivity index (χ4v) is 14.2. The maximum absolute atomic E-state index is 12.8. The van der Waals surface area contributed by atoms with E-state index in [1.807, 2.05) is 12.1 Å². The zero-order chi connectivity index (χ0) is 30.5. The van der Waals surface area contributed by atoms with Crippen LogP contribution in [0.1, 0.15) is 91.9 Å². The van der Waals surface area contributed by atoms with Crippen molar-refractivity contribution in [3.8, 4) is 0 Å². The molecule has 7 atom stereocenters. The maximum Gasteiger partial charge on any atom is 0.258 e. The Morgan fingerprint density at radius 3 is 1.98 bits per heavy atom. The van der Waals surface area contributed by atoms with Gasteiger partial charge in [-0.3, -0.25) is 0 Å². The minimum Gasteiger partial charge on any atom is -0.424 e. The first-order chi connectivity index (χ1) is 20.5. The number of hydrogen-bond acceptors (Lipinski definition) is 5. The van der Waals surface area contributed by atoms with Crippen LogP contribution in [0.25, 0.3) is 0 Å². The number of aliphatic hydroxyl groups is 2. The molecule has 1 aliphatic heterocycles. The van der Waals surface area contributed by atoms with Crippen LogP contribution in [0, 0.1) is 28.6 Å². The van der Waals surface area contributed by atoms with Crippen LogP contribution in [0.15, 0.2) is 60.7 Å². The molecule has 3 aliphatic carbocycles. The van der Waals surface area contributed by atoms with Crippen molar-refractivity contribution in [3.05, 3.63) is 60.7 Å². The van der Waals surface area contributed by atoms with Gasteiger partial charge in [-0.2, -0.15) is 0 Å². The summed E-state index contributed by atoms with van der Waals surface area (Å²) in [5.74, 6) is 0.852. The minimum atomic E-state index is -3.07. The maximum atomic E-state index is 12.8. The van der Waals surface area contributed by atoms with E-state index in [0.717, 1.165) is 68.2 Å². The lowest BCUT2D eigenvalue weighted by molar-refractivity contribution is -0.245. The van der Waals surface area contributed by atoms with E-state index in [0.29, 0.717) is 37.4 Å². The van der Waals surface area contributed by atoms with Crippen LogP contribution in [0.4, 0.5) is 0 Å². The normalized spacial score (nSPS) is 36.1. The van der Waals surface area contributed by atoms with E-state index in [4.69, 9.17) is 9.47 Å². The molecule has 1 spiro atoms. The van der Waals surface area contributed by atoms with Gasteiger partial charge >= 0.3 is 0 Å². The molecule has 1 heterocycles. The quantitative estimate of drug-likeness (QED) is 0.332. The molecular formula is C37H54O5Si. The highest BCUT2D eigenvalue weighted by Gasteiger charge is 2.66. The Labute approximate surface area is 260 Å². The van der Waals surface area contributed by atoms with Crippen LogP contribution in [-0.2, 0) is 9.47 Å². The summed E-state index contributed by atoms with van der Waals surface area (Å²) in [4.78, 5) is 12.8. The van der Waals surface area contributed by atoms with Gasteiger partial charge in [-0.05, 0) is 89.9 Å². The van der Waals surface area contributed by atoms with E-state index in [9.17, 15) is 15.0 Å². The summed E-state index contributed by atoms with van der Waals surface area (Å²) >= 11 is 0. The second-order valence-electron chi connectivity index (χ2n) is 15.5. The van der Waals surface area contributed by atoms with Crippen LogP contribution in [-0.4, -0.2) is 54.5 Å². The number of ether oxygens (including phenoxy) is 2. The summed E-state index contributed by atoms with van der Waals surface area (Å²) in [5, 5.41) is 23.7. The molecule has 0 radical (unpaired) electrons. The smallest absolute Gasteiger partial charge is 0.258 e. The summed E-state index contributed by atoms with van der Waals surface area (Å²) in [7, 11) is -3.07. The molecule has 0 bridgehead atoms. The lowest BCUT2D eigenvalue weighted by Gasteiger charge is -2.57. The monoisotopic (exact) mass is 606 g/mol. The minimum absolute atomic E-state index is 0.0285. The molecule has 6 rings (SSSR count). The van der Waals surface area contributed by atoms with Crippen molar-refractivity contribution in [1.82, 2.24) is 0 Å². The van der Waals surface area contributed by atoms with Crippen LogP contribution in [0.5, 0.6) is 0 Å². The Kier molecular flexibility index (Phi) is 8.53. The second kappa shape index (κ2) is 11.7. The summed E-state index contributed by atoms with van der Waals surface area (Å²) in [6.07, 6.45) is 8.46. The highest BCUT2D eigenvalue weighted by molar-refractivity contribution is 6.98. The summed E-state index contributed by atoms with van der Waals surface area (Å²) < 4.78 is 12.9. The van der Waals surface area contributed by atoms with Gasteiger partial charge in [-0.25, -0.2) is 0 Å². The van der Waals surface area contributed by atoms with Gasteiger partial charge in [0.2, 0.25) is 0 Å². The molecule has 6 heteroatoms. The Hall–Kier alpha value is -1.54. The molecule has 3 saturated carbocycles. The Morgan fingerprint density at radius 1 is 0.814 bits per heavy atom. The van der Waals surface area contributed by atoms with E-state index < -0.39 is 26.3 Å². The van der Waals surface area contributed by atoms with Crippen molar-refractivity contribution in [2.45, 2.75) is 115 Å². The molecule has 2 aromatic carbocycles. The van der Waals surface area contributed by atoms with Crippen molar-refractivity contribution >= 4 is 18.7 Å². The lowest BCUT2D eigenvalue weighted by atomic mass is 9.50. The van der Waals surface area contributed by atoms with Crippen molar-refractivity contribution in [1.29, 1.82) is 0 Å². The molecule has 2 unspecified atom stereocenters. The fraction of sp³-hybridized carbons (Fsp3) is 0.676. The Balaban J connectivity index is 1.29. The van der Waals surface area contributed by atoms with Crippen LogP contribution in [0.2, 0.25) is 5.04 Å². The van der Waals surface area contributed by atoms with Gasteiger partial charge < -0.3 is 24.5 Å². The SMILES string of the molecule is CC(C)(CCC[C@H]1C2CCC3(OCCO3)[C@@]2(C)CCC1[C@@]1(C)CC[C@H](O)C[C@@H]1O)[Si](O)(c1ccccc1)c1ccccc1. The van der Waals surface area contributed by atoms with Gasteiger partial charge in [0.1, 0.15) is 0 Å². The zero-order valence-corrected chi connectivity index (χ0v) is 27.8. The van der Waals surface area contributed by atoms with E-state index in [2.05, 4.69) is 76.2 Å². The van der Waals surface area contributed by atoms with Crippen molar-refractivity contribution < 1.29 is 24.5 Å². The van der Waals surface area contributed by atoms with Crippen LogP contribution < -0.4 is 10.4 Å². The standard InChI is InChI=1S/C37H54O5Si/c1-34(2,43(40,28-12-7-5-8-13-28)29-14-9-6-10-15-29)20-11-16-30-31(35(3)21-17-27(38)26-33(35)39)18-22-36(4)32(30)19-23-37(36)41-24-25-42-37/h5-10,12-15,27,30-33,38-40H,11,16-26H2,1-4H3/t27-,30+,31?,32?,33-,35+,36-/m0/s1. The van der Waals surface area contributed by atoms with Gasteiger partial charge in [0, 0.05) is 11.8 Å². The van der Waals surface area contributed by atoms with Gasteiger partial charge in [-0.15, -0.1) is 0 Å². The first-order valence-corrected chi connectivity index (χ1v) is 18.9. The highest BCUT2D eigenvalue weighted by Crippen LogP contribution is 2.67. The second-order valence-corrected chi connectivity index (χ2v) is 19.4. The average Bonchev–Trinajstić information content (AvgIpc) is 3.61. The third-order valence-electron chi connectivity index (χ3n) is 13.1. The fourth-order valence-electron chi connectivity index (χ4n) is 10.4. The third kappa shape index (κ3) is 5.09. The molecule has 43 heavy (non-hydrogen) atoms. The van der Waals surface area contributed by atoms with Gasteiger partial charge in [0.25, 0.3) is 8.32 Å². The van der Waals surface area contributed by atoms with E-state index in [1.165, 1.54) is 0 Å². The third-order valence-corrected chi connectivity index (χ3v) is 17.6. The Morgan fingerprint density at radius 2 is 1.40 bits per heavy atom. The molecule has 1 saturated heterocycles. The van der Waals surface area contributed by atoms with Gasteiger partial charge in [0.15, 0.2) is 5.79 Å². The van der Waals surface area contributed by atoms with Gasteiger partial charge in [0.05, 0.1) is 25.4 Å². The summed E-state index contributed by atoms with van der Waals surface area (Å²) in [6.45, 7) is 10.6. The lowest BCUT2D eigenvalue weighted by Crippen LogP contribution is -2.65. The van der Waals surface area contributed by atoms with Crippen molar-refractivity contribution in [3.63, 3.8) is 0 Å². The highest BCUT2D eigenvalue weighted by atomic mass is 28.4. The first kappa shape index (κ1) is 31.4. The molecule has 0 aromatic heterocycles. The topological polar surface area (TPSA) is 79.2 Å². The van der Waals surface area contributed by atoms with E-state index >= 15 is 0 Å². The number of aliphatic hydroxyl groups excluding tert-OH is 2. The molecule has 4 aliphatic rings. The molecule has 3 N–H and O–H groups in total. The van der Waals surface area contributed by atoms with Crippen LogP contribution in [0.3, 0.4) is 0 Å². The summed E-state index contributed by atoms with van der Waals surface area (Å²) in [6, 6.07) is 20.7. The molecule has 0 amide bonds. The molecule has 2 aromatic rings. The number of benzene rings is 2. The van der Waals surface area contributed by atoms with E-state index in [-0.39, 0.29) is 15.9 Å². The predicted octanol–water partition coefficient (Wildman–Crippen LogP) is 5.79. The average molecular weight is 607 g/mol. The summed E-state index contributed by atoms with van der Waals surface area (Å²) in [5.41, 5.74) is -0.226. The van der Waals surface area contributed by atoms with Crippen molar-refractivity contribution in [2.24, 2.45) is 28.6 Å². The largest absolute Gasteiger partial charge is 0.424 e. The molecule has 236 valence electrons. The Bertz CT molecular complexity index is 1190. The number of hydrogen-bond donors (Lipinski definition) is 3. The number of rotatable bonds is 8. The van der Waals surface area contributed by atoms with E-state index in [1.54, 1.807) is 0 Å². The van der Waals surface area contributed by atoms with Crippen molar-refractivity contribution in [2.75, 3.05) is 13.2 Å². The van der Waals surface area contributed by atoms with Crippen LogP contribution >= 0.6 is 0 Å².